The molecule has 152 valence electrons. The minimum absolute atomic E-state index is 0.0527. The molecule has 2 fully saturated rings. The molecule has 2 saturated heterocycles. The minimum atomic E-state index is 0.0527. The van der Waals surface area contributed by atoms with E-state index in [9.17, 15) is 9.59 Å². The van der Waals surface area contributed by atoms with Crippen LogP contribution in [0.4, 0.5) is 4.79 Å². The molecule has 28 heavy (non-hydrogen) atoms. The number of carbonyl (C=O) groups excluding carboxylic acids is 2. The molecule has 3 amide bonds. The number of carbonyl (C=O) groups is 2. The van der Waals surface area contributed by atoms with Crippen LogP contribution in [0.25, 0.3) is 0 Å². The highest BCUT2D eigenvalue weighted by atomic mass is 16.2. The van der Waals surface area contributed by atoms with Gasteiger partial charge in [-0.15, -0.1) is 0 Å². The Kier molecular flexibility index (Phi) is 5.35. The predicted octanol–water partition coefficient (Wildman–Crippen LogP) is 3.64. The number of likely N-dealkylation sites (tertiary alicyclic amines) is 2. The average Bonchev–Trinajstić information content (AvgIpc) is 3.30. The lowest BCUT2D eigenvalue weighted by atomic mass is 9.73. The van der Waals surface area contributed by atoms with Gasteiger partial charge in [0.05, 0.1) is 0 Å². The molecule has 1 aromatic carbocycles. The highest BCUT2D eigenvalue weighted by Gasteiger charge is 2.46. The van der Waals surface area contributed by atoms with Crippen LogP contribution in [0.1, 0.15) is 69.4 Å². The normalized spacial score (nSPS) is 23.3. The Labute approximate surface area is 168 Å². The molecule has 1 atom stereocenters. The van der Waals surface area contributed by atoms with Crippen molar-refractivity contribution in [1.82, 2.24) is 15.1 Å². The Bertz CT molecular complexity index is 731. The maximum atomic E-state index is 12.8. The second kappa shape index (κ2) is 7.76. The van der Waals surface area contributed by atoms with Gasteiger partial charge in [0.2, 0.25) is 5.91 Å². The summed E-state index contributed by atoms with van der Waals surface area (Å²) >= 11 is 0. The SMILES string of the molecule is CC(C)NC(=O)N1CCC2(CC1)C[C@H](CC(=O)N1CCCC1)c1ccccc12. The van der Waals surface area contributed by atoms with Crippen LogP contribution in [-0.2, 0) is 10.2 Å². The Morgan fingerprint density at radius 1 is 1.07 bits per heavy atom. The van der Waals surface area contributed by atoms with Gasteiger partial charge in [0.25, 0.3) is 0 Å². The van der Waals surface area contributed by atoms with Crippen molar-refractivity contribution in [1.29, 1.82) is 0 Å². The zero-order chi connectivity index (χ0) is 19.7. The van der Waals surface area contributed by atoms with Crippen LogP contribution < -0.4 is 5.32 Å². The fourth-order valence-corrected chi connectivity index (χ4v) is 5.47. The zero-order valence-corrected chi connectivity index (χ0v) is 17.2. The second-order valence-corrected chi connectivity index (χ2v) is 9.15. The van der Waals surface area contributed by atoms with Gasteiger partial charge in [0.1, 0.15) is 0 Å². The average molecular weight is 384 g/mol. The summed E-state index contributed by atoms with van der Waals surface area (Å²) in [6, 6.07) is 8.94. The Balaban J connectivity index is 1.47. The number of hydrogen-bond donors (Lipinski definition) is 1. The van der Waals surface area contributed by atoms with Gasteiger partial charge in [-0.05, 0) is 68.4 Å². The van der Waals surface area contributed by atoms with Gasteiger partial charge >= 0.3 is 6.03 Å². The van der Waals surface area contributed by atoms with E-state index in [0.717, 1.165) is 58.3 Å². The topological polar surface area (TPSA) is 52.7 Å². The largest absolute Gasteiger partial charge is 0.343 e. The van der Waals surface area contributed by atoms with E-state index < -0.39 is 0 Å². The van der Waals surface area contributed by atoms with Crippen molar-refractivity contribution < 1.29 is 9.59 Å². The first-order chi connectivity index (χ1) is 13.5. The molecule has 4 rings (SSSR count). The van der Waals surface area contributed by atoms with Crippen LogP contribution in [-0.4, -0.2) is 54.0 Å². The van der Waals surface area contributed by atoms with Gasteiger partial charge in [-0.2, -0.15) is 0 Å². The molecule has 5 nitrogen and oxygen atoms in total. The van der Waals surface area contributed by atoms with Crippen molar-refractivity contribution in [3.63, 3.8) is 0 Å². The lowest BCUT2D eigenvalue weighted by Gasteiger charge is -2.40. The minimum Gasteiger partial charge on any atom is -0.343 e. The summed E-state index contributed by atoms with van der Waals surface area (Å²) in [5.74, 6) is 0.642. The summed E-state index contributed by atoms with van der Waals surface area (Å²) < 4.78 is 0. The molecule has 1 aliphatic carbocycles. The molecule has 0 saturated carbocycles. The van der Waals surface area contributed by atoms with Crippen molar-refractivity contribution in [3.05, 3.63) is 35.4 Å². The van der Waals surface area contributed by atoms with E-state index in [1.54, 1.807) is 0 Å². The first-order valence-corrected chi connectivity index (χ1v) is 10.9. The lowest BCUT2D eigenvalue weighted by molar-refractivity contribution is -0.130. The summed E-state index contributed by atoms with van der Waals surface area (Å²) in [6.45, 7) is 7.44. The number of nitrogens with one attached hydrogen (secondary N) is 1. The first kappa shape index (κ1) is 19.3. The van der Waals surface area contributed by atoms with Gasteiger partial charge in [-0.25, -0.2) is 4.79 Å². The van der Waals surface area contributed by atoms with Crippen molar-refractivity contribution in [2.75, 3.05) is 26.2 Å². The molecule has 1 N–H and O–H groups in total. The number of fused-ring (bicyclic) bond motifs is 2. The highest BCUT2D eigenvalue weighted by Crippen LogP contribution is 2.52. The molecule has 0 radical (unpaired) electrons. The summed E-state index contributed by atoms with van der Waals surface area (Å²) in [5, 5.41) is 3.01. The van der Waals surface area contributed by atoms with Crippen molar-refractivity contribution in [2.24, 2.45) is 0 Å². The molecule has 2 heterocycles. The van der Waals surface area contributed by atoms with E-state index in [1.165, 1.54) is 11.1 Å². The highest BCUT2D eigenvalue weighted by molar-refractivity contribution is 5.78. The third-order valence-corrected chi connectivity index (χ3v) is 6.91. The number of piperidine rings is 1. The summed E-state index contributed by atoms with van der Waals surface area (Å²) in [6.07, 6.45) is 5.95. The van der Waals surface area contributed by atoms with E-state index >= 15 is 0 Å². The number of hydrogen-bond acceptors (Lipinski definition) is 2. The monoisotopic (exact) mass is 383 g/mol. The molecular weight excluding hydrogens is 350 g/mol. The third-order valence-electron chi connectivity index (χ3n) is 6.91. The van der Waals surface area contributed by atoms with Gasteiger partial charge in [-0.3, -0.25) is 4.79 Å². The number of amides is 3. The maximum Gasteiger partial charge on any atom is 0.317 e. The smallest absolute Gasteiger partial charge is 0.317 e. The molecule has 3 aliphatic rings. The number of nitrogens with zero attached hydrogens (tertiary/aromatic N) is 2. The standard InChI is InChI=1S/C23H33N3O2/c1-17(2)24-22(28)26-13-9-23(10-14-26)16-18(19-7-3-4-8-20(19)23)15-21(27)25-11-5-6-12-25/h3-4,7-8,17-18H,5-6,9-16H2,1-2H3,(H,24,28)/t18-/m0/s1. The van der Waals surface area contributed by atoms with Crippen molar-refractivity contribution >= 4 is 11.9 Å². The van der Waals surface area contributed by atoms with Gasteiger partial charge in [0.15, 0.2) is 0 Å². The fourth-order valence-electron chi connectivity index (χ4n) is 5.47. The van der Waals surface area contributed by atoms with Crippen molar-refractivity contribution in [2.45, 2.75) is 69.7 Å². The molecule has 1 spiro atoms. The summed E-state index contributed by atoms with van der Waals surface area (Å²) in [7, 11) is 0. The Hall–Kier alpha value is -2.04. The number of rotatable bonds is 3. The van der Waals surface area contributed by atoms with Gasteiger partial charge in [-0.1, -0.05) is 24.3 Å². The predicted molar refractivity (Wildman–Crippen MR) is 110 cm³/mol. The quantitative estimate of drug-likeness (QED) is 0.866. The van der Waals surface area contributed by atoms with E-state index in [4.69, 9.17) is 0 Å². The fraction of sp³-hybridized carbons (Fsp3) is 0.652. The molecule has 1 aromatic rings. The van der Waals surface area contributed by atoms with E-state index in [1.807, 2.05) is 23.6 Å². The van der Waals surface area contributed by atoms with Crippen LogP contribution in [0.3, 0.4) is 0 Å². The summed E-state index contributed by atoms with van der Waals surface area (Å²) in [4.78, 5) is 29.2. The molecule has 0 unspecified atom stereocenters. The third kappa shape index (κ3) is 3.63. The molecule has 0 bridgehead atoms. The van der Waals surface area contributed by atoms with Crippen LogP contribution in [0.2, 0.25) is 0 Å². The zero-order valence-electron chi connectivity index (χ0n) is 17.2. The molecule has 5 heteroatoms. The van der Waals surface area contributed by atoms with Crippen molar-refractivity contribution in [3.8, 4) is 0 Å². The van der Waals surface area contributed by atoms with Crippen LogP contribution in [0.15, 0.2) is 24.3 Å². The Morgan fingerprint density at radius 3 is 2.43 bits per heavy atom. The van der Waals surface area contributed by atoms with Gasteiger partial charge in [0, 0.05) is 38.6 Å². The number of benzene rings is 1. The molecule has 0 aromatic heterocycles. The molecule has 2 aliphatic heterocycles. The van der Waals surface area contributed by atoms with Crippen LogP contribution >= 0.6 is 0 Å². The Morgan fingerprint density at radius 2 is 1.75 bits per heavy atom. The first-order valence-electron chi connectivity index (χ1n) is 10.9. The molecular formula is C23H33N3O2. The second-order valence-electron chi connectivity index (χ2n) is 9.15. The number of urea groups is 1. The maximum absolute atomic E-state index is 12.8. The summed E-state index contributed by atoms with van der Waals surface area (Å²) in [5.41, 5.74) is 2.93. The van der Waals surface area contributed by atoms with Crippen LogP contribution in [0, 0.1) is 0 Å². The van der Waals surface area contributed by atoms with Gasteiger partial charge < -0.3 is 15.1 Å². The van der Waals surface area contributed by atoms with E-state index in [2.05, 4.69) is 29.6 Å². The van der Waals surface area contributed by atoms with E-state index in [-0.39, 0.29) is 17.5 Å². The van der Waals surface area contributed by atoms with Crippen LogP contribution in [0.5, 0.6) is 0 Å². The van der Waals surface area contributed by atoms with E-state index in [0.29, 0.717) is 18.2 Å². The lowest BCUT2D eigenvalue weighted by Crippen LogP contribution is -2.49.